The van der Waals surface area contributed by atoms with Gasteiger partial charge in [-0.05, 0) is 55.8 Å². The van der Waals surface area contributed by atoms with Crippen molar-refractivity contribution in [2.24, 2.45) is 0 Å². The molecule has 2 heterocycles. The second-order valence-corrected chi connectivity index (χ2v) is 8.98. The van der Waals surface area contributed by atoms with Crippen molar-refractivity contribution >= 4 is 57.1 Å². The van der Waals surface area contributed by atoms with Gasteiger partial charge in [-0.3, -0.25) is 14.5 Å². The number of nitrogens with zero attached hydrogens (tertiary/aromatic N) is 2. The van der Waals surface area contributed by atoms with Crippen LogP contribution in [-0.4, -0.2) is 21.8 Å². The first kappa shape index (κ1) is 21.5. The van der Waals surface area contributed by atoms with E-state index in [1.165, 1.54) is 28.4 Å². The smallest absolute Gasteiger partial charge is 0.301 e. The molecule has 1 N–H and O–H groups in total. The highest BCUT2D eigenvalue weighted by Gasteiger charge is 2.48. The first-order chi connectivity index (χ1) is 14.7. The molecule has 31 heavy (non-hydrogen) atoms. The minimum atomic E-state index is -0.982. The Morgan fingerprint density at radius 1 is 1.10 bits per heavy atom. The lowest BCUT2D eigenvalue weighted by Crippen LogP contribution is -2.29. The van der Waals surface area contributed by atoms with E-state index in [1.54, 1.807) is 25.1 Å². The van der Waals surface area contributed by atoms with Gasteiger partial charge in [0, 0.05) is 10.4 Å². The average molecular weight is 477 g/mol. The molecule has 9 heteroatoms. The van der Waals surface area contributed by atoms with E-state index in [-0.39, 0.29) is 16.2 Å². The van der Waals surface area contributed by atoms with E-state index in [0.29, 0.717) is 15.7 Å². The molecule has 0 radical (unpaired) electrons. The zero-order valence-electron chi connectivity index (χ0n) is 16.3. The van der Waals surface area contributed by atoms with Crippen LogP contribution in [0.4, 0.5) is 9.52 Å². The Hall–Kier alpha value is -2.74. The number of aliphatic hydroxyl groups excluding tert-OH is 1. The van der Waals surface area contributed by atoms with E-state index < -0.39 is 29.3 Å². The molecule has 1 fully saturated rings. The number of Topliss-reactive ketones (excluding diaryl/α,β-unsaturated/α-hetero) is 1. The summed E-state index contributed by atoms with van der Waals surface area (Å²) in [5.74, 6) is -2.61. The van der Waals surface area contributed by atoms with Crippen LogP contribution in [-0.2, 0) is 9.59 Å². The maximum atomic E-state index is 13.4. The number of benzene rings is 2. The Morgan fingerprint density at radius 3 is 2.35 bits per heavy atom. The number of thiazole rings is 1. The summed E-state index contributed by atoms with van der Waals surface area (Å²) in [6.07, 6.45) is 0. The molecule has 1 aliphatic heterocycles. The third kappa shape index (κ3) is 3.73. The molecule has 5 nitrogen and oxygen atoms in total. The van der Waals surface area contributed by atoms with Gasteiger partial charge in [-0.15, -0.1) is 11.3 Å². The van der Waals surface area contributed by atoms with Crippen molar-refractivity contribution in [3.63, 3.8) is 0 Å². The Labute approximate surface area is 191 Å². The van der Waals surface area contributed by atoms with Gasteiger partial charge in [-0.2, -0.15) is 0 Å². The first-order valence-corrected chi connectivity index (χ1v) is 10.7. The summed E-state index contributed by atoms with van der Waals surface area (Å²) >= 11 is 13.5. The fourth-order valence-electron chi connectivity index (χ4n) is 3.35. The molecular weight excluding hydrogens is 462 g/mol. The Kier molecular flexibility index (Phi) is 5.60. The standard InChI is InChI=1S/C22H15Cl2FN2O3S/c1-10-11(2)31-22(26-10)27-18(13-5-8-15(23)16(24)9-13)17(20(29)21(27)30)19(28)12-3-6-14(25)7-4-12/h3-9,18,28H,1-2H3/b19-17+. The number of aryl methyl sites for hydroxylation is 2. The van der Waals surface area contributed by atoms with Crippen LogP contribution >= 0.6 is 34.5 Å². The average Bonchev–Trinajstić information content (AvgIpc) is 3.20. The second-order valence-electron chi connectivity index (χ2n) is 6.99. The number of carbonyl (C=O) groups is 2. The van der Waals surface area contributed by atoms with Crippen molar-refractivity contribution in [2.45, 2.75) is 19.9 Å². The van der Waals surface area contributed by atoms with E-state index in [9.17, 15) is 19.1 Å². The summed E-state index contributed by atoms with van der Waals surface area (Å²) in [4.78, 5) is 32.6. The summed E-state index contributed by atoms with van der Waals surface area (Å²) < 4.78 is 13.4. The van der Waals surface area contributed by atoms with Crippen molar-refractivity contribution in [1.82, 2.24) is 4.98 Å². The van der Waals surface area contributed by atoms with Crippen LogP contribution in [0, 0.1) is 19.7 Å². The van der Waals surface area contributed by atoms with Crippen LogP contribution < -0.4 is 4.90 Å². The number of hydrogen-bond donors (Lipinski definition) is 1. The number of aromatic nitrogens is 1. The quantitative estimate of drug-likeness (QED) is 0.293. The maximum absolute atomic E-state index is 13.4. The Balaban J connectivity index is 1.97. The van der Waals surface area contributed by atoms with Gasteiger partial charge in [0.25, 0.3) is 5.78 Å². The third-order valence-electron chi connectivity index (χ3n) is 5.04. The monoisotopic (exact) mass is 476 g/mol. The van der Waals surface area contributed by atoms with Gasteiger partial charge < -0.3 is 5.11 Å². The minimum absolute atomic E-state index is 0.138. The van der Waals surface area contributed by atoms with E-state index in [1.807, 2.05) is 6.92 Å². The van der Waals surface area contributed by atoms with E-state index in [4.69, 9.17) is 23.2 Å². The van der Waals surface area contributed by atoms with Crippen LogP contribution in [0.3, 0.4) is 0 Å². The Bertz CT molecular complexity index is 1230. The predicted octanol–water partition coefficient (Wildman–Crippen LogP) is 5.83. The van der Waals surface area contributed by atoms with Crippen LogP contribution in [0.25, 0.3) is 5.76 Å². The van der Waals surface area contributed by atoms with Crippen LogP contribution in [0.15, 0.2) is 48.0 Å². The zero-order chi connectivity index (χ0) is 22.4. The molecule has 1 atom stereocenters. The molecule has 1 aliphatic rings. The lowest BCUT2D eigenvalue weighted by Gasteiger charge is -2.23. The Morgan fingerprint density at radius 2 is 1.77 bits per heavy atom. The van der Waals surface area contributed by atoms with Crippen molar-refractivity contribution in [2.75, 3.05) is 4.90 Å². The first-order valence-electron chi connectivity index (χ1n) is 9.15. The molecule has 0 bridgehead atoms. The highest BCUT2D eigenvalue weighted by molar-refractivity contribution is 7.16. The second kappa shape index (κ2) is 8.07. The van der Waals surface area contributed by atoms with E-state index in [2.05, 4.69) is 4.98 Å². The molecule has 1 aromatic heterocycles. The predicted molar refractivity (Wildman–Crippen MR) is 119 cm³/mol. The minimum Gasteiger partial charge on any atom is -0.507 e. The molecular formula is C22H15Cl2FN2O3S. The fourth-order valence-corrected chi connectivity index (χ4v) is 4.59. The van der Waals surface area contributed by atoms with Crippen LogP contribution in [0.2, 0.25) is 10.0 Å². The molecule has 2 aromatic carbocycles. The summed E-state index contributed by atoms with van der Waals surface area (Å²) in [6.45, 7) is 3.67. The highest BCUT2D eigenvalue weighted by Crippen LogP contribution is 2.44. The van der Waals surface area contributed by atoms with Crippen LogP contribution in [0.1, 0.15) is 27.7 Å². The van der Waals surface area contributed by atoms with E-state index >= 15 is 0 Å². The van der Waals surface area contributed by atoms with Gasteiger partial charge in [0.05, 0.1) is 27.4 Å². The third-order valence-corrected chi connectivity index (χ3v) is 6.86. The van der Waals surface area contributed by atoms with E-state index in [0.717, 1.165) is 22.7 Å². The summed E-state index contributed by atoms with van der Waals surface area (Å²) in [5.41, 5.74) is 1.27. The van der Waals surface area contributed by atoms with Crippen LogP contribution in [0.5, 0.6) is 0 Å². The number of halogens is 3. The molecule has 158 valence electrons. The zero-order valence-corrected chi connectivity index (χ0v) is 18.6. The summed E-state index contributed by atoms with van der Waals surface area (Å²) in [5, 5.41) is 11.8. The molecule has 0 spiro atoms. The van der Waals surface area contributed by atoms with Crippen molar-refractivity contribution in [1.29, 1.82) is 0 Å². The number of amides is 1. The van der Waals surface area contributed by atoms with Gasteiger partial charge in [0.2, 0.25) is 0 Å². The largest absolute Gasteiger partial charge is 0.507 e. The highest BCUT2D eigenvalue weighted by atomic mass is 35.5. The van der Waals surface area contributed by atoms with Crippen molar-refractivity contribution in [3.8, 4) is 0 Å². The molecule has 1 amide bonds. The lowest BCUT2D eigenvalue weighted by molar-refractivity contribution is -0.132. The topological polar surface area (TPSA) is 70.5 Å². The molecule has 1 unspecified atom stereocenters. The molecule has 1 saturated heterocycles. The van der Waals surface area contributed by atoms with Crippen molar-refractivity contribution in [3.05, 3.63) is 85.6 Å². The number of rotatable bonds is 3. The number of anilines is 1. The van der Waals surface area contributed by atoms with Gasteiger partial charge in [-0.1, -0.05) is 29.3 Å². The SMILES string of the molecule is Cc1nc(N2C(=O)C(=O)/C(=C(/O)c3ccc(F)cc3)C2c2ccc(Cl)c(Cl)c2)sc1C. The number of carbonyl (C=O) groups excluding carboxylic acids is 2. The number of hydrogen-bond acceptors (Lipinski definition) is 5. The number of ketones is 1. The summed E-state index contributed by atoms with van der Waals surface area (Å²) in [7, 11) is 0. The maximum Gasteiger partial charge on any atom is 0.301 e. The van der Waals surface area contributed by atoms with Gasteiger partial charge in [0.1, 0.15) is 11.6 Å². The van der Waals surface area contributed by atoms with Crippen molar-refractivity contribution < 1.29 is 19.1 Å². The molecule has 3 aromatic rings. The van der Waals surface area contributed by atoms with Gasteiger partial charge in [0.15, 0.2) is 5.13 Å². The normalized spacial score (nSPS) is 18.1. The lowest BCUT2D eigenvalue weighted by atomic mass is 9.95. The summed E-state index contributed by atoms with van der Waals surface area (Å²) in [6, 6.07) is 8.73. The molecule has 4 rings (SSSR count). The fraction of sp³-hybridized carbons (Fsp3) is 0.136. The molecule has 0 aliphatic carbocycles. The van der Waals surface area contributed by atoms with Gasteiger partial charge in [-0.25, -0.2) is 9.37 Å². The van der Waals surface area contributed by atoms with Gasteiger partial charge >= 0.3 is 5.91 Å². The molecule has 0 saturated carbocycles. The number of aliphatic hydroxyl groups is 1.